The van der Waals surface area contributed by atoms with Crippen molar-refractivity contribution in [2.75, 3.05) is 26.8 Å². The number of benzene rings is 1. The van der Waals surface area contributed by atoms with Gasteiger partial charge in [0.25, 0.3) is 0 Å². The molecule has 18 heavy (non-hydrogen) atoms. The fourth-order valence-corrected chi connectivity index (χ4v) is 1.48. The van der Waals surface area contributed by atoms with Crippen LogP contribution in [0.1, 0.15) is 18.1 Å². The molecule has 96 valence electrons. The van der Waals surface area contributed by atoms with Crippen molar-refractivity contribution in [3.63, 3.8) is 0 Å². The molecule has 0 heterocycles. The van der Waals surface area contributed by atoms with Crippen LogP contribution in [0.2, 0.25) is 0 Å². The lowest BCUT2D eigenvalue weighted by Gasteiger charge is -2.16. The molecular formula is C14H18N2O2. The summed E-state index contributed by atoms with van der Waals surface area (Å²) in [6, 6.07) is 9.13. The van der Waals surface area contributed by atoms with Crippen LogP contribution in [0.5, 0.6) is 0 Å². The fraction of sp³-hybridized carbons (Fsp3) is 0.429. The molecule has 0 unspecified atom stereocenters. The second-order valence-electron chi connectivity index (χ2n) is 4.00. The number of carbonyl (C=O) groups excluding carboxylic acids is 1. The molecular weight excluding hydrogens is 228 g/mol. The van der Waals surface area contributed by atoms with E-state index in [0.717, 1.165) is 5.56 Å². The first-order valence-electron chi connectivity index (χ1n) is 5.98. The van der Waals surface area contributed by atoms with Gasteiger partial charge in [0, 0.05) is 20.2 Å². The maximum Gasteiger partial charge on any atom is 0.226 e. The molecule has 0 spiro atoms. The molecule has 0 aliphatic carbocycles. The highest BCUT2D eigenvalue weighted by Crippen LogP contribution is 2.05. The zero-order chi connectivity index (χ0) is 13.4. The van der Waals surface area contributed by atoms with Crippen molar-refractivity contribution in [1.82, 2.24) is 4.90 Å². The lowest BCUT2D eigenvalue weighted by Crippen LogP contribution is -2.31. The van der Waals surface area contributed by atoms with Crippen LogP contribution in [-0.4, -0.2) is 37.6 Å². The van der Waals surface area contributed by atoms with Crippen LogP contribution in [0.4, 0.5) is 0 Å². The number of nitriles is 1. The number of rotatable bonds is 6. The second kappa shape index (κ2) is 7.46. The Labute approximate surface area is 108 Å². The molecule has 0 radical (unpaired) electrons. The van der Waals surface area contributed by atoms with Gasteiger partial charge in [-0.05, 0) is 24.6 Å². The minimum atomic E-state index is 0.0550. The molecule has 0 saturated carbocycles. The average molecular weight is 246 g/mol. The van der Waals surface area contributed by atoms with Crippen molar-refractivity contribution in [1.29, 1.82) is 5.26 Å². The van der Waals surface area contributed by atoms with E-state index in [4.69, 9.17) is 10.00 Å². The lowest BCUT2D eigenvalue weighted by molar-refractivity contribution is -0.129. The number of likely N-dealkylation sites (N-methyl/N-ethyl adjacent to an activating group) is 1. The third-order valence-electron chi connectivity index (χ3n) is 2.64. The highest BCUT2D eigenvalue weighted by Gasteiger charge is 2.09. The van der Waals surface area contributed by atoms with Gasteiger partial charge in [-0.25, -0.2) is 0 Å². The average Bonchev–Trinajstić information content (AvgIpc) is 2.39. The maximum absolute atomic E-state index is 11.9. The first kappa shape index (κ1) is 14.2. The van der Waals surface area contributed by atoms with Gasteiger partial charge in [0.15, 0.2) is 0 Å². The van der Waals surface area contributed by atoms with Crippen LogP contribution >= 0.6 is 0 Å². The summed E-state index contributed by atoms with van der Waals surface area (Å²) in [6.07, 6.45) is 0.355. The van der Waals surface area contributed by atoms with Gasteiger partial charge in [-0.2, -0.15) is 5.26 Å². The van der Waals surface area contributed by atoms with Crippen molar-refractivity contribution in [3.05, 3.63) is 35.4 Å². The molecule has 1 amide bonds. The van der Waals surface area contributed by atoms with Crippen molar-refractivity contribution < 1.29 is 9.53 Å². The van der Waals surface area contributed by atoms with Crippen molar-refractivity contribution in [3.8, 4) is 6.07 Å². The Bertz CT molecular complexity index is 420. The van der Waals surface area contributed by atoms with Crippen LogP contribution in [0, 0.1) is 11.3 Å². The summed E-state index contributed by atoms with van der Waals surface area (Å²) < 4.78 is 5.20. The number of hydrogen-bond acceptors (Lipinski definition) is 3. The second-order valence-corrected chi connectivity index (χ2v) is 4.00. The molecule has 0 fully saturated rings. The van der Waals surface area contributed by atoms with Crippen molar-refractivity contribution >= 4 is 5.91 Å². The molecule has 1 aromatic carbocycles. The lowest BCUT2D eigenvalue weighted by atomic mass is 10.1. The number of ether oxygens (including phenoxy) is 1. The zero-order valence-corrected chi connectivity index (χ0v) is 10.8. The standard InChI is InChI=1S/C14H18N2O2/c1-3-18-9-8-16(2)14(17)10-12-4-6-13(11-15)7-5-12/h4-7H,3,8-10H2,1-2H3. The fourth-order valence-electron chi connectivity index (χ4n) is 1.48. The minimum Gasteiger partial charge on any atom is -0.380 e. The Hall–Kier alpha value is -1.86. The summed E-state index contributed by atoms with van der Waals surface area (Å²) in [7, 11) is 1.77. The number of nitrogens with zero attached hydrogens (tertiary/aromatic N) is 2. The van der Waals surface area contributed by atoms with E-state index in [0.29, 0.717) is 31.7 Å². The molecule has 0 atom stereocenters. The molecule has 4 nitrogen and oxygen atoms in total. The molecule has 4 heteroatoms. The van der Waals surface area contributed by atoms with Crippen LogP contribution in [-0.2, 0) is 16.0 Å². The van der Waals surface area contributed by atoms with E-state index in [1.807, 2.05) is 19.1 Å². The summed E-state index contributed by atoms with van der Waals surface area (Å²) in [5.74, 6) is 0.0550. The van der Waals surface area contributed by atoms with Gasteiger partial charge in [-0.1, -0.05) is 12.1 Å². The Morgan fingerprint density at radius 3 is 2.61 bits per heavy atom. The Morgan fingerprint density at radius 2 is 2.06 bits per heavy atom. The van der Waals surface area contributed by atoms with Crippen LogP contribution in [0.3, 0.4) is 0 Å². The summed E-state index contributed by atoms with van der Waals surface area (Å²) >= 11 is 0. The van der Waals surface area contributed by atoms with Crippen LogP contribution in [0.15, 0.2) is 24.3 Å². The summed E-state index contributed by atoms with van der Waals surface area (Å²) in [5, 5.41) is 8.68. The Morgan fingerprint density at radius 1 is 1.39 bits per heavy atom. The predicted octanol–water partition coefficient (Wildman–Crippen LogP) is 1.60. The molecule has 0 saturated heterocycles. The predicted molar refractivity (Wildman–Crippen MR) is 69.0 cm³/mol. The monoisotopic (exact) mass is 246 g/mol. The van der Waals surface area contributed by atoms with Gasteiger partial charge >= 0.3 is 0 Å². The number of amides is 1. The van der Waals surface area contributed by atoms with E-state index in [2.05, 4.69) is 6.07 Å². The van der Waals surface area contributed by atoms with Crippen molar-refractivity contribution in [2.24, 2.45) is 0 Å². The largest absolute Gasteiger partial charge is 0.380 e. The quantitative estimate of drug-likeness (QED) is 0.716. The van der Waals surface area contributed by atoms with E-state index in [1.165, 1.54) is 0 Å². The molecule has 0 aliphatic rings. The van der Waals surface area contributed by atoms with Gasteiger partial charge in [-0.15, -0.1) is 0 Å². The molecule has 1 rings (SSSR count). The van der Waals surface area contributed by atoms with E-state index < -0.39 is 0 Å². The Kier molecular flexibility index (Phi) is 5.89. The number of carbonyl (C=O) groups is 1. The highest BCUT2D eigenvalue weighted by atomic mass is 16.5. The molecule has 0 N–H and O–H groups in total. The van der Waals surface area contributed by atoms with Crippen LogP contribution in [0.25, 0.3) is 0 Å². The van der Waals surface area contributed by atoms with Gasteiger partial charge in [0.1, 0.15) is 0 Å². The van der Waals surface area contributed by atoms with Crippen molar-refractivity contribution in [2.45, 2.75) is 13.3 Å². The molecule has 0 aromatic heterocycles. The van der Waals surface area contributed by atoms with Gasteiger partial charge in [0.2, 0.25) is 5.91 Å². The number of hydrogen-bond donors (Lipinski definition) is 0. The first-order chi connectivity index (χ1) is 8.67. The molecule has 0 aliphatic heterocycles. The van der Waals surface area contributed by atoms with E-state index in [1.54, 1.807) is 24.1 Å². The maximum atomic E-state index is 11.9. The topological polar surface area (TPSA) is 53.3 Å². The Balaban J connectivity index is 2.45. The minimum absolute atomic E-state index is 0.0550. The SMILES string of the molecule is CCOCCN(C)C(=O)Cc1ccc(C#N)cc1. The van der Waals surface area contributed by atoms with Gasteiger partial charge in [0.05, 0.1) is 24.7 Å². The van der Waals surface area contributed by atoms with Gasteiger partial charge < -0.3 is 9.64 Å². The summed E-state index contributed by atoms with van der Waals surface area (Å²) in [6.45, 7) is 3.76. The van der Waals surface area contributed by atoms with E-state index in [-0.39, 0.29) is 5.91 Å². The van der Waals surface area contributed by atoms with E-state index >= 15 is 0 Å². The first-order valence-corrected chi connectivity index (χ1v) is 5.98. The van der Waals surface area contributed by atoms with Gasteiger partial charge in [-0.3, -0.25) is 4.79 Å². The van der Waals surface area contributed by atoms with E-state index in [9.17, 15) is 4.79 Å². The summed E-state index contributed by atoms with van der Waals surface area (Å²) in [4.78, 5) is 13.5. The smallest absolute Gasteiger partial charge is 0.226 e. The highest BCUT2D eigenvalue weighted by molar-refractivity contribution is 5.78. The zero-order valence-electron chi connectivity index (χ0n) is 10.8. The molecule has 1 aromatic rings. The van der Waals surface area contributed by atoms with Crippen LogP contribution < -0.4 is 0 Å². The third-order valence-corrected chi connectivity index (χ3v) is 2.64. The molecule has 0 bridgehead atoms. The normalized spacial score (nSPS) is 9.83. The third kappa shape index (κ3) is 4.56. The summed E-state index contributed by atoms with van der Waals surface area (Å²) in [5.41, 5.74) is 1.53.